The van der Waals surface area contributed by atoms with E-state index >= 15 is 0 Å². The summed E-state index contributed by atoms with van der Waals surface area (Å²) in [7, 11) is 0. The predicted molar refractivity (Wildman–Crippen MR) is 105 cm³/mol. The van der Waals surface area contributed by atoms with Gasteiger partial charge in [-0.3, -0.25) is 10.2 Å². The number of anilines is 1. The molecule has 0 radical (unpaired) electrons. The lowest BCUT2D eigenvalue weighted by atomic mass is 10.2. The number of hydrogen-bond acceptors (Lipinski definition) is 3. The van der Waals surface area contributed by atoms with E-state index in [1.165, 1.54) is 4.68 Å². The summed E-state index contributed by atoms with van der Waals surface area (Å²) in [6.45, 7) is 0. The van der Waals surface area contributed by atoms with Crippen molar-refractivity contribution in [2.45, 2.75) is 0 Å². The highest BCUT2D eigenvalue weighted by atomic mass is 79.9. The highest BCUT2D eigenvalue weighted by Crippen LogP contribution is 2.27. The van der Waals surface area contributed by atoms with Crippen molar-refractivity contribution >= 4 is 32.5 Å². The summed E-state index contributed by atoms with van der Waals surface area (Å²) in [6.07, 6.45) is 0. The Morgan fingerprint density at radius 1 is 0.840 bits per heavy atom. The molecule has 0 aliphatic heterocycles. The van der Waals surface area contributed by atoms with Crippen LogP contribution in [0.3, 0.4) is 0 Å². The molecule has 4 rings (SSSR count). The minimum atomic E-state index is -0.139. The van der Waals surface area contributed by atoms with Gasteiger partial charge in [-0.15, -0.1) is 0 Å². The smallest absolute Gasteiger partial charge is 0.280 e. The summed E-state index contributed by atoms with van der Waals surface area (Å²) < 4.78 is 2.37. The van der Waals surface area contributed by atoms with Crippen molar-refractivity contribution in [2.24, 2.45) is 0 Å². The molecule has 25 heavy (non-hydrogen) atoms. The topological polar surface area (TPSA) is 46.9 Å². The molecular weight excluding hydrogens is 378 g/mol. The molecule has 0 unspecified atom stereocenters. The molecule has 1 heterocycles. The van der Waals surface area contributed by atoms with Crippen LogP contribution in [0, 0.1) is 0 Å². The first-order valence-corrected chi connectivity index (χ1v) is 8.62. The average molecular weight is 392 g/mol. The zero-order valence-corrected chi connectivity index (χ0v) is 14.8. The Morgan fingerprint density at radius 3 is 2.32 bits per heavy atom. The van der Waals surface area contributed by atoms with Crippen molar-refractivity contribution in [3.8, 4) is 11.4 Å². The third kappa shape index (κ3) is 2.94. The Kier molecular flexibility index (Phi) is 4.07. The highest BCUT2D eigenvalue weighted by molar-refractivity contribution is 9.10. The van der Waals surface area contributed by atoms with E-state index in [1.807, 2.05) is 72.8 Å². The van der Waals surface area contributed by atoms with Gasteiger partial charge < -0.3 is 0 Å². The molecule has 0 saturated carbocycles. The first kappa shape index (κ1) is 15.6. The fourth-order valence-corrected chi connectivity index (χ4v) is 3.16. The van der Waals surface area contributed by atoms with Gasteiger partial charge in [-0.2, -0.15) is 0 Å². The van der Waals surface area contributed by atoms with Gasteiger partial charge in [0.2, 0.25) is 0 Å². The van der Waals surface area contributed by atoms with E-state index < -0.39 is 0 Å². The van der Waals surface area contributed by atoms with Crippen molar-refractivity contribution in [2.75, 3.05) is 5.43 Å². The molecule has 0 saturated heterocycles. The van der Waals surface area contributed by atoms with Crippen molar-refractivity contribution in [1.82, 2.24) is 9.66 Å². The Morgan fingerprint density at radius 2 is 1.52 bits per heavy atom. The fourth-order valence-electron chi connectivity index (χ4n) is 2.70. The molecule has 0 fully saturated rings. The van der Waals surface area contributed by atoms with Gasteiger partial charge in [0.05, 0.1) is 16.6 Å². The van der Waals surface area contributed by atoms with Crippen LogP contribution in [0.25, 0.3) is 22.3 Å². The zero-order chi connectivity index (χ0) is 17.2. The maximum Gasteiger partial charge on any atom is 0.280 e. The summed E-state index contributed by atoms with van der Waals surface area (Å²) in [5.74, 6) is 0.556. The minimum Gasteiger partial charge on any atom is -0.290 e. The predicted octanol–water partition coefficient (Wildman–Crippen LogP) is 4.70. The van der Waals surface area contributed by atoms with Crippen molar-refractivity contribution < 1.29 is 0 Å². The SMILES string of the molecule is O=c1c2ccccc2nc(-c2ccccc2Br)n1Nc1ccccc1. The molecule has 5 heteroatoms. The molecule has 4 aromatic rings. The Balaban J connectivity index is 2.01. The van der Waals surface area contributed by atoms with Gasteiger partial charge in [0.15, 0.2) is 5.82 Å². The first-order chi connectivity index (χ1) is 12.2. The number of aromatic nitrogens is 2. The largest absolute Gasteiger partial charge is 0.290 e. The van der Waals surface area contributed by atoms with Crippen LogP contribution in [0.2, 0.25) is 0 Å². The van der Waals surface area contributed by atoms with E-state index in [2.05, 4.69) is 21.4 Å². The summed E-state index contributed by atoms with van der Waals surface area (Å²) >= 11 is 3.56. The van der Waals surface area contributed by atoms with Gasteiger partial charge >= 0.3 is 0 Å². The van der Waals surface area contributed by atoms with Crippen LogP contribution in [-0.2, 0) is 0 Å². The first-order valence-electron chi connectivity index (χ1n) is 7.83. The van der Waals surface area contributed by atoms with Crippen LogP contribution in [0.1, 0.15) is 0 Å². The standard InChI is InChI=1S/C20H14BrN3O/c21-17-12-6-4-10-15(17)19-22-18-13-7-5-11-16(18)20(25)24(19)23-14-8-2-1-3-9-14/h1-13,23H. The van der Waals surface area contributed by atoms with Gasteiger partial charge in [-0.25, -0.2) is 9.66 Å². The molecule has 0 aliphatic carbocycles. The fraction of sp³-hybridized carbons (Fsp3) is 0. The minimum absolute atomic E-state index is 0.139. The summed E-state index contributed by atoms with van der Waals surface area (Å²) in [6, 6.07) is 24.7. The third-order valence-corrected chi connectivity index (χ3v) is 4.60. The molecular formula is C20H14BrN3O. The molecule has 3 aromatic carbocycles. The second-order valence-corrected chi connectivity index (χ2v) is 6.41. The highest BCUT2D eigenvalue weighted by Gasteiger charge is 2.14. The lowest BCUT2D eigenvalue weighted by molar-refractivity contribution is 0.892. The molecule has 1 N–H and O–H groups in total. The maximum atomic E-state index is 13.1. The van der Waals surface area contributed by atoms with Gasteiger partial charge in [0.1, 0.15) is 0 Å². The van der Waals surface area contributed by atoms with Crippen LogP contribution < -0.4 is 11.0 Å². The Bertz CT molecular complexity index is 1110. The second-order valence-electron chi connectivity index (χ2n) is 5.55. The second kappa shape index (κ2) is 6.53. The Labute approximate surface area is 152 Å². The van der Waals surface area contributed by atoms with Crippen LogP contribution in [0.4, 0.5) is 5.69 Å². The number of hydrogen-bond donors (Lipinski definition) is 1. The normalized spacial score (nSPS) is 10.8. The van der Waals surface area contributed by atoms with Gasteiger partial charge in [-0.1, -0.05) is 64.5 Å². The van der Waals surface area contributed by atoms with E-state index in [1.54, 1.807) is 6.07 Å². The monoisotopic (exact) mass is 391 g/mol. The molecule has 0 amide bonds. The number of fused-ring (bicyclic) bond motifs is 1. The van der Waals surface area contributed by atoms with Crippen LogP contribution in [0.15, 0.2) is 88.1 Å². The molecule has 0 bridgehead atoms. The zero-order valence-electron chi connectivity index (χ0n) is 13.2. The Hall–Kier alpha value is -2.92. The van der Waals surface area contributed by atoms with E-state index in [0.29, 0.717) is 16.7 Å². The number of benzene rings is 3. The van der Waals surface area contributed by atoms with E-state index in [0.717, 1.165) is 15.7 Å². The lowest BCUT2D eigenvalue weighted by Gasteiger charge is -2.16. The van der Waals surface area contributed by atoms with E-state index in [9.17, 15) is 4.79 Å². The summed E-state index contributed by atoms with van der Waals surface area (Å²) in [5, 5.41) is 0.571. The van der Waals surface area contributed by atoms with Gasteiger partial charge in [0.25, 0.3) is 5.56 Å². The third-order valence-electron chi connectivity index (χ3n) is 3.91. The summed E-state index contributed by atoms with van der Waals surface area (Å²) in [4.78, 5) is 17.8. The number of nitrogens with zero attached hydrogens (tertiary/aromatic N) is 2. The molecule has 0 aliphatic rings. The van der Waals surface area contributed by atoms with Crippen LogP contribution in [0.5, 0.6) is 0 Å². The lowest BCUT2D eigenvalue weighted by Crippen LogP contribution is -2.29. The molecule has 0 spiro atoms. The average Bonchev–Trinajstić information content (AvgIpc) is 2.65. The van der Waals surface area contributed by atoms with Crippen molar-refractivity contribution in [3.05, 3.63) is 93.7 Å². The van der Waals surface area contributed by atoms with Crippen molar-refractivity contribution in [3.63, 3.8) is 0 Å². The van der Waals surface area contributed by atoms with Gasteiger partial charge in [-0.05, 0) is 30.3 Å². The maximum absolute atomic E-state index is 13.1. The quantitative estimate of drug-likeness (QED) is 0.550. The number of rotatable bonds is 3. The van der Waals surface area contributed by atoms with E-state index in [-0.39, 0.29) is 5.56 Å². The summed E-state index contributed by atoms with van der Waals surface area (Å²) in [5.41, 5.74) is 5.37. The van der Waals surface area contributed by atoms with E-state index in [4.69, 9.17) is 4.98 Å². The molecule has 1 aromatic heterocycles. The number of nitrogens with one attached hydrogen (secondary N) is 1. The van der Waals surface area contributed by atoms with Crippen LogP contribution in [-0.4, -0.2) is 9.66 Å². The number of halogens is 1. The molecule has 122 valence electrons. The molecule has 4 nitrogen and oxygen atoms in total. The van der Waals surface area contributed by atoms with Crippen molar-refractivity contribution in [1.29, 1.82) is 0 Å². The number of para-hydroxylation sites is 2. The van der Waals surface area contributed by atoms with Crippen LogP contribution >= 0.6 is 15.9 Å². The van der Waals surface area contributed by atoms with Gasteiger partial charge in [0, 0.05) is 10.0 Å². The molecule has 0 atom stereocenters.